The van der Waals surface area contributed by atoms with Crippen molar-refractivity contribution in [3.8, 4) is 0 Å². The highest BCUT2D eigenvalue weighted by molar-refractivity contribution is 6.01. The fourth-order valence-electron chi connectivity index (χ4n) is 10.8. The number of esters is 1. The number of rotatable bonds is 11. The maximum absolute atomic E-state index is 14.6. The van der Waals surface area contributed by atoms with E-state index in [1.165, 1.54) is 62.2 Å². The van der Waals surface area contributed by atoms with Gasteiger partial charge in [-0.3, -0.25) is 9.59 Å². The van der Waals surface area contributed by atoms with E-state index in [9.17, 15) is 27.9 Å². The largest absolute Gasteiger partial charge is 0.506 e. The number of alkyl halides is 3. The van der Waals surface area contributed by atoms with Crippen molar-refractivity contribution in [3.63, 3.8) is 0 Å². The molecule has 2 saturated carbocycles. The Labute approximate surface area is 303 Å². The van der Waals surface area contributed by atoms with Crippen LogP contribution in [0.2, 0.25) is 0 Å². The fourth-order valence-corrected chi connectivity index (χ4v) is 10.8. The number of aliphatic hydroxyl groups excluding tert-OH is 1. The summed E-state index contributed by atoms with van der Waals surface area (Å²) in [6, 6.07) is 18.2. The Bertz CT molecular complexity index is 1800. The van der Waals surface area contributed by atoms with Gasteiger partial charge in [-0.25, -0.2) is 0 Å². The molecule has 4 aliphatic carbocycles. The number of nitrogens with zero attached hydrogens (tertiary/aromatic N) is 1. The third-order valence-corrected chi connectivity index (χ3v) is 13.0. The van der Waals surface area contributed by atoms with Crippen LogP contribution in [0, 0.1) is 17.3 Å². The summed E-state index contributed by atoms with van der Waals surface area (Å²) in [5.74, 6) is -2.49. The Hall–Kier alpha value is -3.89. The predicted octanol–water partition coefficient (Wildman–Crippen LogP) is 7.74. The van der Waals surface area contributed by atoms with Crippen molar-refractivity contribution in [2.45, 2.75) is 101 Å². The second kappa shape index (κ2) is 13.2. The molecule has 0 aromatic heterocycles. The van der Waals surface area contributed by atoms with Crippen LogP contribution in [0.3, 0.4) is 0 Å². The van der Waals surface area contributed by atoms with Gasteiger partial charge in [0.1, 0.15) is 11.9 Å². The number of unbranched alkanes of at least 4 members (excludes halogenated alkanes) is 1. The summed E-state index contributed by atoms with van der Waals surface area (Å²) in [5.41, 5.74) is -0.821. The van der Waals surface area contributed by atoms with Gasteiger partial charge >= 0.3 is 12.1 Å². The molecule has 2 aliphatic heterocycles. The first-order valence-corrected chi connectivity index (χ1v) is 19.0. The van der Waals surface area contributed by atoms with Crippen molar-refractivity contribution in [3.05, 3.63) is 101 Å². The summed E-state index contributed by atoms with van der Waals surface area (Å²) in [5, 5.41) is 13.3. The van der Waals surface area contributed by atoms with Gasteiger partial charge in [0.2, 0.25) is 5.72 Å². The molecule has 2 saturated heterocycles. The van der Waals surface area contributed by atoms with Crippen molar-refractivity contribution in [1.82, 2.24) is 5.32 Å². The average Bonchev–Trinajstić information content (AvgIpc) is 3.86. The number of piperidine rings is 1. The lowest BCUT2D eigenvalue weighted by molar-refractivity contribution is -0.964. The molecule has 7 atom stereocenters. The van der Waals surface area contributed by atoms with E-state index in [4.69, 9.17) is 9.47 Å². The molecule has 8 rings (SSSR count). The van der Waals surface area contributed by atoms with E-state index in [1.807, 2.05) is 6.08 Å². The number of carbonyl (C=O) groups excluding carboxylic acids is 2. The number of hydrogen-bond acceptors (Lipinski definition) is 5. The van der Waals surface area contributed by atoms with Gasteiger partial charge in [-0.05, 0) is 67.7 Å². The number of aliphatic hydroxyl groups is 1. The lowest BCUT2D eigenvalue weighted by Gasteiger charge is -2.63. The Morgan fingerprint density at radius 1 is 1.02 bits per heavy atom. The number of carbonyl (C=O) groups is 2. The van der Waals surface area contributed by atoms with Crippen molar-refractivity contribution in [2.75, 3.05) is 19.6 Å². The molecule has 2 bridgehead atoms. The van der Waals surface area contributed by atoms with Gasteiger partial charge in [0.25, 0.3) is 5.91 Å². The zero-order valence-electron chi connectivity index (χ0n) is 29.7. The highest BCUT2D eigenvalue weighted by Gasteiger charge is 2.72. The van der Waals surface area contributed by atoms with Crippen molar-refractivity contribution >= 4 is 17.6 Å². The monoisotopic (exact) mass is 717 g/mol. The minimum atomic E-state index is -5.20. The number of ether oxygens (including phenoxy) is 2. The molecule has 4 fully saturated rings. The maximum atomic E-state index is 14.6. The molecule has 6 aliphatic rings. The highest BCUT2D eigenvalue weighted by atomic mass is 19.4. The van der Waals surface area contributed by atoms with Gasteiger partial charge in [0.05, 0.1) is 31.8 Å². The molecule has 1 amide bonds. The zero-order valence-corrected chi connectivity index (χ0v) is 29.7. The quantitative estimate of drug-likeness (QED) is 0.0621. The lowest BCUT2D eigenvalue weighted by atomic mass is 9.50. The van der Waals surface area contributed by atoms with Crippen LogP contribution in [0.1, 0.15) is 75.8 Å². The first-order chi connectivity index (χ1) is 25.0. The van der Waals surface area contributed by atoms with E-state index in [0.29, 0.717) is 12.0 Å². The van der Waals surface area contributed by atoms with Gasteiger partial charge in [0.15, 0.2) is 5.57 Å². The average molecular weight is 718 g/mol. The van der Waals surface area contributed by atoms with Crippen LogP contribution in [-0.4, -0.2) is 71.3 Å². The SMILES string of the molecule is CC(=O)OC1(NC(=O)C(=C(O)c2ccccc2)C(F)(F)F)C=CC2=C3C1O[C@H]1CCC[C@H]4[C@@H](C2)[N+](CCCCc2ccccc2)(CC2CC2)CC[C@]314. The molecule has 7 nitrogen and oxygen atoms in total. The number of hydrogen-bond donors (Lipinski definition) is 2. The summed E-state index contributed by atoms with van der Waals surface area (Å²) >= 11 is 0. The van der Waals surface area contributed by atoms with Crippen LogP contribution in [0.4, 0.5) is 13.2 Å². The van der Waals surface area contributed by atoms with Crippen LogP contribution in [0.25, 0.3) is 5.76 Å². The molecule has 2 N–H and O–H groups in total. The van der Waals surface area contributed by atoms with Crippen LogP contribution in [-0.2, 0) is 25.5 Å². The van der Waals surface area contributed by atoms with Crippen LogP contribution in [0.5, 0.6) is 0 Å². The molecule has 1 spiro atoms. The molecular formula is C42H48F3N2O5+. The summed E-state index contributed by atoms with van der Waals surface area (Å²) in [6.07, 6.45) is 7.46. The molecular weight excluding hydrogens is 669 g/mol. The van der Waals surface area contributed by atoms with E-state index in [-0.39, 0.29) is 17.1 Å². The number of halogens is 3. The minimum Gasteiger partial charge on any atom is -0.506 e. The zero-order chi connectivity index (χ0) is 36.3. The lowest BCUT2D eigenvalue weighted by Crippen LogP contribution is -2.71. The Morgan fingerprint density at radius 2 is 1.75 bits per heavy atom. The van der Waals surface area contributed by atoms with Gasteiger partial charge in [-0.1, -0.05) is 73.2 Å². The molecule has 52 heavy (non-hydrogen) atoms. The summed E-state index contributed by atoms with van der Waals surface area (Å²) in [4.78, 5) is 26.5. The van der Waals surface area contributed by atoms with Crippen molar-refractivity contribution < 1.29 is 41.8 Å². The van der Waals surface area contributed by atoms with Gasteiger partial charge < -0.3 is 24.4 Å². The summed E-state index contributed by atoms with van der Waals surface area (Å²) in [7, 11) is 0. The number of nitrogens with one attached hydrogen (secondary N) is 1. The number of allylic oxidation sites excluding steroid dienone is 1. The first-order valence-electron chi connectivity index (χ1n) is 19.0. The van der Waals surface area contributed by atoms with Gasteiger partial charge in [-0.2, -0.15) is 13.2 Å². The standard InChI is InChI=1S/C42H47F3N2O5/c1-27(48)52-41(46-39(50)36(42(43,44)45)37(49)30-14-6-3-7-15-30)21-20-31-25-33-32-16-10-17-34-40(32,35(31)38(41)51-34)22-24-47(33,26-29-18-19-29)23-9-8-13-28-11-4-2-5-12-28/h2-7,11-12,14-15,20-21,29,32-34,38H,8-10,13,16-19,22-26H2,1H3,(H-,46,49,50)/p+1/t32-,33+,34-,38?,40+,41?,47?/m0/s1. The molecule has 2 heterocycles. The fraction of sp³-hybridized carbons (Fsp3) is 0.524. The third-order valence-electron chi connectivity index (χ3n) is 13.0. The third kappa shape index (κ3) is 5.99. The number of quaternary nitrogens is 1. The minimum absolute atomic E-state index is 0.158. The second-order valence-corrected chi connectivity index (χ2v) is 16.0. The number of likely N-dealkylation sites (tertiary alicyclic amines) is 1. The number of aryl methyl sites for hydroxylation is 1. The smallest absolute Gasteiger partial charge is 0.425 e. The molecule has 2 aromatic rings. The van der Waals surface area contributed by atoms with Crippen LogP contribution in [0.15, 0.2) is 89.5 Å². The van der Waals surface area contributed by atoms with Gasteiger partial charge in [-0.15, -0.1) is 0 Å². The molecule has 10 heteroatoms. The number of benzene rings is 2. The van der Waals surface area contributed by atoms with E-state index in [2.05, 4.69) is 35.6 Å². The Balaban J connectivity index is 1.13. The van der Waals surface area contributed by atoms with E-state index < -0.39 is 41.2 Å². The summed E-state index contributed by atoms with van der Waals surface area (Å²) < 4.78 is 57.6. The topological polar surface area (TPSA) is 84.9 Å². The molecule has 0 radical (unpaired) electrons. The van der Waals surface area contributed by atoms with E-state index >= 15 is 0 Å². The summed E-state index contributed by atoms with van der Waals surface area (Å²) in [6.45, 7) is 4.51. The molecule has 2 aromatic carbocycles. The number of amides is 1. The van der Waals surface area contributed by atoms with Crippen molar-refractivity contribution in [1.29, 1.82) is 0 Å². The molecule has 276 valence electrons. The van der Waals surface area contributed by atoms with Crippen LogP contribution < -0.4 is 5.32 Å². The van der Waals surface area contributed by atoms with Gasteiger partial charge in [0, 0.05) is 42.6 Å². The highest BCUT2D eigenvalue weighted by Crippen LogP contribution is 2.67. The molecule has 3 unspecified atom stereocenters. The normalized spacial score (nSPS) is 33.6. The Kier molecular flexibility index (Phi) is 8.92. The maximum Gasteiger partial charge on any atom is 0.425 e. The predicted molar refractivity (Wildman–Crippen MR) is 189 cm³/mol. The van der Waals surface area contributed by atoms with E-state index in [0.717, 1.165) is 86.0 Å². The Morgan fingerprint density at radius 3 is 2.44 bits per heavy atom. The van der Waals surface area contributed by atoms with Crippen LogP contribution >= 0.6 is 0 Å². The second-order valence-electron chi connectivity index (χ2n) is 16.0. The first kappa shape index (κ1) is 35.2. The van der Waals surface area contributed by atoms with E-state index in [1.54, 1.807) is 6.07 Å². The van der Waals surface area contributed by atoms with Crippen molar-refractivity contribution in [2.24, 2.45) is 17.3 Å².